The first-order valence-corrected chi connectivity index (χ1v) is 16.9. The number of hydrogen-bond acceptors (Lipinski definition) is 8. The van der Waals surface area contributed by atoms with Crippen molar-refractivity contribution in [2.75, 3.05) is 38.2 Å². The molecule has 232 valence electrons. The van der Waals surface area contributed by atoms with E-state index in [0.29, 0.717) is 67.1 Å². The van der Waals surface area contributed by atoms with E-state index >= 15 is 0 Å². The van der Waals surface area contributed by atoms with E-state index in [2.05, 4.69) is 15.0 Å². The predicted octanol–water partition coefficient (Wildman–Crippen LogP) is 3.38. The molecule has 2 aliphatic rings. The van der Waals surface area contributed by atoms with E-state index in [1.165, 1.54) is 17.4 Å². The molecule has 10 nitrogen and oxygen atoms in total. The van der Waals surface area contributed by atoms with Crippen molar-refractivity contribution in [3.8, 4) is 0 Å². The number of aliphatic hydroxyl groups is 1. The number of likely N-dealkylation sites (tertiary alicyclic amines) is 1. The zero-order chi connectivity index (χ0) is 30.6. The van der Waals surface area contributed by atoms with E-state index in [1.807, 2.05) is 24.3 Å². The summed E-state index contributed by atoms with van der Waals surface area (Å²) >= 11 is 1.41. The highest BCUT2D eigenvalue weighted by molar-refractivity contribution is 7.89. The Kier molecular flexibility index (Phi) is 9.95. The molecule has 2 aliphatic heterocycles. The Balaban J connectivity index is 1.47. The lowest BCUT2D eigenvalue weighted by atomic mass is 9.92. The van der Waals surface area contributed by atoms with Crippen LogP contribution < -0.4 is 10.0 Å². The largest absolute Gasteiger partial charge is 0.481 e. The first kappa shape index (κ1) is 31.3. The van der Waals surface area contributed by atoms with Crippen LogP contribution in [0.15, 0.2) is 41.3 Å². The SMILES string of the molecule is O=C(O)CCc1cc2c(c(S(=O)(=O)N[C@@H](Cc3nc4ccccc4s3)C(=O)N3CCC(CCF)CC3)c1)NC[C@@H](CO)C2. The van der Waals surface area contributed by atoms with Crippen molar-refractivity contribution in [2.45, 2.75) is 55.9 Å². The van der Waals surface area contributed by atoms with Crippen LogP contribution in [0.3, 0.4) is 0 Å². The molecule has 13 heteroatoms. The molecule has 3 heterocycles. The molecule has 4 N–H and O–H groups in total. The van der Waals surface area contributed by atoms with Gasteiger partial charge >= 0.3 is 5.97 Å². The fraction of sp³-hybridized carbons (Fsp3) is 0.500. The third-order valence-electron chi connectivity index (χ3n) is 8.25. The number of piperidine rings is 1. The number of nitrogens with one attached hydrogen (secondary N) is 2. The number of halogens is 1. The minimum Gasteiger partial charge on any atom is -0.481 e. The molecular formula is C30H37FN4O6S2. The van der Waals surface area contributed by atoms with Crippen molar-refractivity contribution in [1.82, 2.24) is 14.6 Å². The summed E-state index contributed by atoms with van der Waals surface area (Å²) in [7, 11) is -4.28. The number of carboxylic acids is 1. The van der Waals surface area contributed by atoms with Gasteiger partial charge in [0.2, 0.25) is 15.9 Å². The molecule has 43 heavy (non-hydrogen) atoms. The van der Waals surface area contributed by atoms with E-state index in [-0.39, 0.29) is 48.5 Å². The molecule has 0 saturated carbocycles. The number of hydrogen-bond donors (Lipinski definition) is 4. The molecule has 0 bridgehead atoms. The summed E-state index contributed by atoms with van der Waals surface area (Å²) in [5.74, 6) is -1.27. The maximum Gasteiger partial charge on any atom is 0.303 e. The van der Waals surface area contributed by atoms with Gasteiger partial charge in [-0.05, 0) is 67.3 Å². The molecular weight excluding hydrogens is 595 g/mol. The number of carbonyl (C=O) groups is 2. The summed E-state index contributed by atoms with van der Waals surface area (Å²) in [4.78, 5) is 31.4. The number of aliphatic carboxylic acids is 1. The Morgan fingerprint density at radius 1 is 1.19 bits per heavy atom. The van der Waals surface area contributed by atoms with Gasteiger partial charge in [0, 0.05) is 45.0 Å². The van der Waals surface area contributed by atoms with Gasteiger partial charge in [-0.1, -0.05) is 18.2 Å². The fourth-order valence-electron chi connectivity index (χ4n) is 5.89. The predicted molar refractivity (Wildman–Crippen MR) is 162 cm³/mol. The van der Waals surface area contributed by atoms with Crippen molar-refractivity contribution in [2.24, 2.45) is 11.8 Å². The highest BCUT2D eigenvalue weighted by atomic mass is 32.2. The quantitative estimate of drug-likeness (QED) is 0.238. The second-order valence-corrected chi connectivity index (χ2v) is 14.2. The van der Waals surface area contributed by atoms with Gasteiger partial charge in [-0.3, -0.25) is 14.0 Å². The number of para-hydroxylation sites is 1. The van der Waals surface area contributed by atoms with E-state index < -0.39 is 28.7 Å². The minimum atomic E-state index is -4.28. The Bertz CT molecular complexity index is 1540. The van der Waals surface area contributed by atoms with Crippen molar-refractivity contribution < 1.29 is 32.6 Å². The molecule has 2 aromatic carbocycles. The van der Waals surface area contributed by atoms with Gasteiger partial charge in [0.25, 0.3) is 0 Å². The zero-order valence-electron chi connectivity index (χ0n) is 23.8. The van der Waals surface area contributed by atoms with Gasteiger partial charge in [0.05, 0.1) is 27.6 Å². The summed E-state index contributed by atoms with van der Waals surface area (Å²) < 4.78 is 44.7. The normalized spacial score (nSPS) is 18.3. The number of nitrogens with zero attached hydrogens (tertiary/aromatic N) is 2. The Labute approximate surface area is 254 Å². The molecule has 0 radical (unpaired) electrons. The van der Waals surface area contributed by atoms with Crippen LogP contribution in [0.2, 0.25) is 0 Å². The number of fused-ring (bicyclic) bond motifs is 2. The molecule has 0 spiro atoms. The van der Waals surface area contributed by atoms with Crippen LogP contribution in [0, 0.1) is 11.8 Å². The average Bonchev–Trinajstić information content (AvgIpc) is 3.41. The van der Waals surface area contributed by atoms with Crippen molar-refractivity contribution in [3.05, 3.63) is 52.5 Å². The number of aromatic nitrogens is 1. The Morgan fingerprint density at radius 3 is 2.65 bits per heavy atom. The standard InChI is InChI=1S/C30H37FN4O6S2/c31-10-7-19-8-11-35(12-9-19)30(39)24(16-27-33-23-3-1-2-4-25(23)42-27)34-43(40,41)26-15-20(5-6-28(37)38)13-22-14-21(18-36)17-32-29(22)26/h1-4,13,15,19,21,24,32,34,36H,5-12,14,16-18H2,(H,37,38)/t21-,24-/m0/s1. The van der Waals surface area contributed by atoms with Gasteiger partial charge in [-0.25, -0.2) is 13.4 Å². The third-order valence-corrected chi connectivity index (χ3v) is 10.8. The lowest BCUT2D eigenvalue weighted by Gasteiger charge is -2.34. The monoisotopic (exact) mass is 632 g/mol. The lowest BCUT2D eigenvalue weighted by molar-refractivity contribution is -0.137. The second-order valence-electron chi connectivity index (χ2n) is 11.4. The topological polar surface area (TPSA) is 149 Å². The number of alkyl halides is 1. The van der Waals surface area contributed by atoms with E-state index in [1.54, 1.807) is 11.0 Å². The fourth-order valence-corrected chi connectivity index (χ4v) is 8.37. The maximum atomic E-state index is 14.1. The molecule has 2 atom stereocenters. The van der Waals surface area contributed by atoms with Crippen LogP contribution in [0.1, 0.15) is 41.8 Å². The number of amides is 1. The highest BCUT2D eigenvalue weighted by Gasteiger charge is 2.35. The Hall–Kier alpha value is -3.13. The third kappa shape index (κ3) is 7.51. The number of carbonyl (C=O) groups excluding carboxylic acids is 1. The molecule has 0 unspecified atom stereocenters. The van der Waals surface area contributed by atoms with Gasteiger partial charge in [0.15, 0.2) is 0 Å². The van der Waals surface area contributed by atoms with Gasteiger partial charge < -0.3 is 20.4 Å². The zero-order valence-corrected chi connectivity index (χ0v) is 25.4. The molecule has 3 aromatic rings. The summed E-state index contributed by atoms with van der Waals surface area (Å²) in [6.07, 6.45) is 2.23. The van der Waals surface area contributed by atoms with E-state index in [0.717, 1.165) is 10.2 Å². The van der Waals surface area contributed by atoms with Gasteiger partial charge in [-0.2, -0.15) is 4.72 Å². The molecule has 5 rings (SSSR count). The van der Waals surface area contributed by atoms with Crippen molar-refractivity contribution in [1.29, 1.82) is 0 Å². The molecule has 1 fully saturated rings. The van der Waals surface area contributed by atoms with E-state index in [9.17, 15) is 32.6 Å². The number of anilines is 1. The second kappa shape index (κ2) is 13.7. The smallest absolute Gasteiger partial charge is 0.303 e. The number of benzene rings is 2. The molecule has 1 aromatic heterocycles. The first-order valence-electron chi connectivity index (χ1n) is 14.6. The number of carboxylic acid groups (broad SMARTS) is 1. The first-order chi connectivity index (χ1) is 20.7. The van der Waals surface area contributed by atoms with Gasteiger partial charge in [0.1, 0.15) is 10.9 Å². The number of aliphatic hydroxyl groups excluding tert-OH is 1. The van der Waals surface area contributed by atoms with Crippen molar-refractivity contribution in [3.63, 3.8) is 0 Å². The summed E-state index contributed by atoms with van der Waals surface area (Å²) in [6, 6.07) is 9.68. The van der Waals surface area contributed by atoms with Crippen LogP contribution in [0.25, 0.3) is 10.2 Å². The lowest BCUT2D eigenvalue weighted by Crippen LogP contribution is -2.51. The van der Waals surface area contributed by atoms with Crippen LogP contribution in [-0.2, 0) is 38.9 Å². The van der Waals surface area contributed by atoms with Gasteiger partial charge in [-0.15, -0.1) is 11.3 Å². The number of sulfonamides is 1. The minimum absolute atomic E-state index is 0.0504. The summed E-state index contributed by atoms with van der Waals surface area (Å²) in [5.41, 5.74) is 2.39. The number of rotatable bonds is 12. The maximum absolute atomic E-state index is 14.1. The molecule has 1 amide bonds. The van der Waals surface area contributed by atoms with Crippen LogP contribution in [0.4, 0.5) is 10.1 Å². The van der Waals surface area contributed by atoms with Crippen LogP contribution in [-0.4, -0.2) is 79.3 Å². The van der Waals surface area contributed by atoms with Crippen LogP contribution >= 0.6 is 11.3 Å². The van der Waals surface area contributed by atoms with Crippen molar-refractivity contribution >= 4 is 49.1 Å². The van der Waals surface area contributed by atoms with E-state index in [4.69, 9.17) is 0 Å². The Morgan fingerprint density at radius 2 is 1.95 bits per heavy atom. The number of aryl methyl sites for hydroxylation is 1. The summed E-state index contributed by atoms with van der Waals surface area (Å²) in [6.45, 7) is 0.744. The van der Waals surface area contributed by atoms with Crippen LogP contribution in [0.5, 0.6) is 0 Å². The average molecular weight is 633 g/mol. The highest BCUT2D eigenvalue weighted by Crippen LogP contribution is 2.34. The number of thiazole rings is 1. The molecule has 0 aliphatic carbocycles. The summed E-state index contributed by atoms with van der Waals surface area (Å²) in [5, 5.41) is 22.7. The molecule has 1 saturated heterocycles.